The molecular formula is C12H13BrFN3S. The minimum absolute atomic E-state index is 0.171. The molecule has 0 radical (unpaired) electrons. The van der Waals surface area contributed by atoms with E-state index in [1.807, 2.05) is 19.2 Å². The molecule has 0 amide bonds. The van der Waals surface area contributed by atoms with Gasteiger partial charge < -0.3 is 0 Å². The van der Waals surface area contributed by atoms with Crippen molar-refractivity contribution in [1.82, 2.24) is 15.0 Å². The summed E-state index contributed by atoms with van der Waals surface area (Å²) in [7, 11) is 0. The summed E-state index contributed by atoms with van der Waals surface area (Å²) < 4.78 is 15.1. The lowest BCUT2D eigenvalue weighted by Gasteiger charge is -2.02. The van der Waals surface area contributed by atoms with Crippen molar-refractivity contribution >= 4 is 27.7 Å². The predicted octanol–water partition coefficient (Wildman–Crippen LogP) is 3.67. The highest BCUT2D eigenvalue weighted by atomic mass is 79.9. The van der Waals surface area contributed by atoms with Crippen molar-refractivity contribution < 1.29 is 4.39 Å². The lowest BCUT2D eigenvalue weighted by molar-refractivity contribution is 0.600. The summed E-state index contributed by atoms with van der Waals surface area (Å²) >= 11 is 4.92. The number of hydrogen-bond acceptors (Lipinski definition) is 3. The second-order valence-electron chi connectivity index (χ2n) is 3.80. The zero-order valence-electron chi connectivity index (χ0n) is 9.88. The maximum Gasteiger partial charge on any atom is 0.136 e. The normalized spacial score (nSPS) is 12.6. The van der Waals surface area contributed by atoms with Gasteiger partial charge in [0.25, 0.3) is 0 Å². The van der Waals surface area contributed by atoms with Crippen molar-refractivity contribution in [3.63, 3.8) is 0 Å². The number of aromatic nitrogens is 3. The first-order chi connectivity index (χ1) is 8.66. The number of halogens is 2. The van der Waals surface area contributed by atoms with E-state index in [0.717, 1.165) is 11.4 Å². The fourth-order valence-electron chi connectivity index (χ4n) is 1.42. The summed E-state index contributed by atoms with van der Waals surface area (Å²) in [6.07, 6.45) is 1.90. The van der Waals surface area contributed by atoms with Crippen LogP contribution >= 0.6 is 27.7 Å². The van der Waals surface area contributed by atoms with E-state index < -0.39 is 0 Å². The summed E-state index contributed by atoms with van der Waals surface area (Å²) in [5.74, 6) is 0.594. The number of hydrogen-bond donors (Lipinski definition) is 0. The lowest BCUT2D eigenvalue weighted by Crippen LogP contribution is -2.01. The Balaban J connectivity index is 1.87. The molecule has 0 saturated heterocycles. The van der Waals surface area contributed by atoms with Crippen LogP contribution in [0.2, 0.25) is 0 Å². The molecule has 1 atom stereocenters. The molecule has 1 heterocycles. The maximum atomic E-state index is 13.4. The van der Waals surface area contributed by atoms with Crippen molar-refractivity contribution in [2.45, 2.75) is 23.2 Å². The van der Waals surface area contributed by atoms with E-state index in [1.165, 1.54) is 17.8 Å². The van der Waals surface area contributed by atoms with E-state index in [-0.39, 0.29) is 10.6 Å². The van der Waals surface area contributed by atoms with Crippen molar-refractivity contribution in [2.75, 3.05) is 5.75 Å². The van der Waals surface area contributed by atoms with E-state index in [4.69, 9.17) is 0 Å². The Hall–Kier alpha value is -0.880. The second kappa shape index (κ2) is 6.33. The van der Waals surface area contributed by atoms with E-state index in [1.54, 1.807) is 16.8 Å². The van der Waals surface area contributed by atoms with Gasteiger partial charge in [0.2, 0.25) is 0 Å². The molecule has 0 spiro atoms. The van der Waals surface area contributed by atoms with E-state index in [0.29, 0.717) is 11.4 Å². The topological polar surface area (TPSA) is 30.7 Å². The Morgan fingerprint density at radius 3 is 2.89 bits per heavy atom. The first kappa shape index (κ1) is 13.5. The molecule has 0 saturated carbocycles. The number of nitrogens with zero attached hydrogens (tertiary/aromatic N) is 3. The number of thioether (sulfide) groups is 1. The largest absolute Gasteiger partial charge is 0.251 e. The third kappa shape index (κ3) is 3.55. The Morgan fingerprint density at radius 1 is 1.44 bits per heavy atom. The Kier molecular flexibility index (Phi) is 4.77. The Labute approximate surface area is 118 Å². The van der Waals surface area contributed by atoms with Crippen molar-refractivity contribution in [2.24, 2.45) is 0 Å². The molecule has 2 aromatic rings. The van der Waals surface area contributed by atoms with Gasteiger partial charge in [0, 0.05) is 16.8 Å². The van der Waals surface area contributed by atoms with Crippen LogP contribution in [0.5, 0.6) is 0 Å². The molecule has 1 aromatic carbocycles. The molecule has 1 aromatic heterocycles. The average molecular weight is 330 g/mol. The van der Waals surface area contributed by atoms with Crippen LogP contribution in [-0.4, -0.2) is 20.7 Å². The first-order valence-corrected chi connectivity index (χ1v) is 7.48. The molecule has 3 nitrogen and oxygen atoms in total. The fourth-order valence-corrected chi connectivity index (χ4v) is 2.50. The molecule has 2 rings (SSSR count). The Morgan fingerprint density at radius 2 is 2.22 bits per heavy atom. The van der Waals surface area contributed by atoms with Crippen molar-refractivity contribution in [3.05, 3.63) is 42.0 Å². The van der Waals surface area contributed by atoms with Gasteiger partial charge in [-0.2, -0.15) is 0 Å². The highest BCUT2D eigenvalue weighted by Gasteiger charge is 2.06. The van der Waals surface area contributed by atoms with Crippen LogP contribution in [-0.2, 0) is 6.54 Å². The number of alkyl halides is 1. The summed E-state index contributed by atoms with van der Waals surface area (Å²) in [5.41, 5.74) is 0.908. The van der Waals surface area contributed by atoms with E-state index >= 15 is 0 Å². The van der Waals surface area contributed by atoms with E-state index in [9.17, 15) is 4.39 Å². The van der Waals surface area contributed by atoms with Crippen LogP contribution in [0.4, 0.5) is 4.39 Å². The second-order valence-corrected chi connectivity index (χ2v) is 6.31. The highest BCUT2D eigenvalue weighted by molar-refractivity contribution is 9.09. The quantitative estimate of drug-likeness (QED) is 0.619. The third-order valence-electron chi connectivity index (χ3n) is 2.38. The molecule has 0 aliphatic heterocycles. The molecule has 0 aliphatic rings. The molecule has 0 aliphatic carbocycles. The van der Waals surface area contributed by atoms with Gasteiger partial charge >= 0.3 is 0 Å². The van der Waals surface area contributed by atoms with Crippen LogP contribution in [0.15, 0.2) is 35.4 Å². The van der Waals surface area contributed by atoms with Gasteiger partial charge in [-0.05, 0) is 19.1 Å². The Bertz CT molecular complexity index is 516. The van der Waals surface area contributed by atoms with Gasteiger partial charge in [0.1, 0.15) is 5.82 Å². The van der Waals surface area contributed by atoms with Gasteiger partial charge in [-0.25, -0.2) is 4.39 Å². The molecule has 96 valence electrons. The van der Waals surface area contributed by atoms with Crippen LogP contribution in [0.1, 0.15) is 17.4 Å². The summed E-state index contributed by atoms with van der Waals surface area (Å²) in [6, 6.07) is 6.79. The van der Waals surface area contributed by atoms with Crippen molar-refractivity contribution in [3.8, 4) is 0 Å². The third-order valence-corrected chi connectivity index (χ3v) is 3.88. The molecular weight excluding hydrogens is 317 g/mol. The van der Waals surface area contributed by atoms with E-state index in [2.05, 4.69) is 26.2 Å². The predicted molar refractivity (Wildman–Crippen MR) is 74.5 cm³/mol. The van der Waals surface area contributed by atoms with Crippen LogP contribution < -0.4 is 0 Å². The summed E-state index contributed by atoms with van der Waals surface area (Å²) in [5, 5.41) is 8.06. The van der Waals surface area contributed by atoms with Gasteiger partial charge in [-0.1, -0.05) is 33.3 Å². The van der Waals surface area contributed by atoms with Crippen molar-refractivity contribution in [1.29, 1.82) is 0 Å². The van der Waals surface area contributed by atoms with Gasteiger partial charge in [-0.3, -0.25) is 4.68 Å². The first-order valence-electron chi connectivity index (χ1n) is 5.58. The summed E-state index contributed by atoms with van der Waals surface area (Å²) in [6.45, 7) is 2.72. The zero-order valence-corrected chi connectivity index (χ0v) is 12.3. The molecule has 0 fully saturated rings. The summed E-state index contributed by atoms with van der Waals surface area (Å²) in [4.78, 5) is 0.872. The number of rotatable bonds is 5. The minimum Gasteiger partial charge on any atom is -0.251 e. The highest BCUT2D eigenvalue weighted by Crippen LogP contribution is 2.22. The van der Waals surface area contributed by atoms with Gasteiger partial charge in [-0.15, -0.1) is 16.9 Å². The zero-order chi connectivity index (χ0) is 13.0. The average Bonchev–Trinajstić information content (AvgIpc) is 2.80. The number of aryl methyl sites for hydroxylation is 1. The molecule has 18 heavy (non-hydrogen) atoms. The van der Waals surface area contributed by atoms with Crippen LogP contribution in [0, 0.1) is 5.82 Å². The molecule has 0 N–H and O–H groups in total. The maximum absolute atomic E-state index is 13.4. The van der Waals surface area contributed by atoms with Crippen LogP contribution in [0.3, 0.4) is 0 Å². The fraction of sp³-hybridized carbons (Fsp3) is 0.333. The number of benzene rings is 1. The van der Waals surface area contributed by atoms with Gasteiger partial charge in [0.05, 0.1) is 17.1 Å². The standard InChI is InChI=1S/C12H13BrFN3S/c1-9(13)11-8-17(16-15-11)6-7-18-12-5-3-2-4-10(12)14/h2-5,8-9H,6-7H2,1H3. The van der Waals surface area contributed by atoms with Crippen LogP contribution in [0.25, 0.3) is 0 Å². The monoisotopic (exact) mass is 329 g/mol. The van der Waals surface area contributed by atoms with Gasteiger partial charge in [0.15, 0.2) is 0 Å². The SMILES string of the molecule is CC(Br)c1cn(CCSc2ccccc2F)nn1. The minimum atomic E-state index is -0.171. The molecule has 0 bridgehead atoms. The molecule has 1 unspecified atom stereocenters. The lowest BCUT2D eigenvalue weighted by atomic mass is 10.3. The smallest absolute Gasteiger partial charge is 0.136 e. The molecule has 6 heteroatoms.